The summed E-state index contributed by atoms with van der Waals surface area (Å²) in [5.41, 5.74) is -0.244. The van der Waals surface area contributed by atoms with Crippen molar-refractivity contribution in [3.8, 4) is 0 Å². The highest BCUT2D eigenvalue weighted by molar-refractivity contribution is 5.96. The van der Waals surface area contributed by atoms with E-state index in [1.165, 1.54) is 19.2 Å². The van der Waals surface area contributed by atoms with E-state index in [2.05, 4.69) is 10.6 Å². The molecule has 26 heavy (non-hydrogen) atoms. The van der Waals surface area contributed by atoms with Gasteiger partial charge in [0.1, 0.15) is 5.69 Å². The maximum Gasteiger partial charge on any atom is 0.338 e. The minimum absolute atomic E-state index is 0.0149. The number of carbonyl (C=O) groups is 2. The van der Waals surface area contributed by atoms with Gasteiger partial charge in [0.05, 0.1) is 10.5 Å². The van der Waals surface area contributed by atoms with E-state index in [4.69, 9.17) is 4.74 Å². The second-order valence-electron chi connectivity index (χ2n) is 4.99. The number of nitro benzene ring substituents is 1. The summed E-state index contributed by atoms with van der Waals surface area (Å²) in [6.07, 6.45) is 0. The highest BCUT2D eigenvalue weighted by Gasteiger charge is 2.18. The third-order valence-corrected chi connectivity index (χ3v) is 3.24. The number of rotatable bonds is 6. The maximum atomic E-state index is 13.1. The number of nitrogens with one attached hydrogen (secondary N) is 2. The molecule has 0 aliphatic heterocycles. The first-order chi connectivity index (χ1) is 12.3. The van der Waals surface area contributed by atoms with Gasteiger partial charge in [-0.15, -0.1) is 0 Å². The fourth-order valence-electron chi connectivity index (χ4n) is 2.01. The minimum Gasteiger partial charge on any atom is -0.452 e. The van der Waals surface area contributed by atoms with Crippen LogP contribution in [0, 0.1) is 21.7 Å². The summed E-state index contributed by atoms with van der Waals surface area (Å²) >= 11 is 0. The summed E-state index contributed by atoms with van der Waals surface area (Å²) in [6.45, 7) is -0.709. The number of amides is 1. The lowest BCUT2D eigenvalue weighted by molar-refractivity contribution is -0.384. The molecule has 1 amide bonds. The van der Waals surface area contributed by atoms with E-state index < -0.39 is 35.0 Å². The second-order valence-corrected chi connectivity index (χ2v) is 4.99. The number of nitro groups is 1. The molecule has 0 aromatic heterocycles. The highest BCUT2D eigenvalue weighted by atomic mass is 19.2. The van der Waals surface area contributed by atoms with Crippen molar-refractivity contribution in [3.05, 3.63) is 63.7 Å². The Morgan fingerprint density at radius 1 is 1.15 bits per heavy atom. The predicted molar refractivity (Wildman–Crippen MR) is 87.9 cm³/mol. The minimum atomic E-state index is -1.14. The molecule has 0 saturated heterocycles. The number of esters is 1. The van der Waals surface area contributed by atoms with Crippen molar-refractivity contribution >= 4 is 28.9 Å². The molecular formula is C16H13F2N3O5. The molecule has 0 heterocycles. The van der Waals surface area contributed by atoms with Crippen molar-refractivity contribution in [1.82, 2.24) is 0 Å². The van der Waals surface area contributed by atoms with Gasteiger partial charge in [0, 0.05) is 24.9 Å². The van der Waals surface area contributed by atoms with Gasteiger partial charge in [0.25, 0.3) is 11.6 Å². The van der Waals surface area contributed by atoms with Gasteiger partial charge in [-0.1, -0.05) is 0 Å². The molecule has 2 rings (SSSR count). The molecule has 2 aromatic carbocycles. The number of ether oxygens (including phenoxy) is 1. The standard InChI is InChI=1S/C16H13F2N3O5/c1-19-13-5-2-9(6-14(13)21(24)25)16(23)26-8-15(22)20-10-3-4-11(17)12(18)7-10/h2-7,19H,8H2,1H3,(H,20,22). The Bertz CT molecular complexity index is 873. The molecule has 8 nitrogen and oxygen atoms in total. The quantitative estimate of drug-likeness (QED) is 0.463. The number of nitrogens with zero attached hydrogens (tertiary/aromatic N) is 1. The van der Waals surface area contributed by atoms with Crippen molar-refractivity contribution in [2.75, 3.05) is 24.3 Å². The van der Waals surface area contributed by atoms with E-state index in [1.807, 2.05) is 0 Å². The lowest BCUT2D eigenvalue weighted by Gasteiger charge is -2.08. The Kier molecular flexibility index (Phi) is 5.78. The molecule has 0 bridgehead atoms. The Morgan fingerprint density at radius 3 is 2.50 bits per heavy atom. The Balaban J connectivity index is 1.99. The smallest absolute Gasteiger partial charge is 0.338 e. The highest BCUT2D eigenvalue weighted by Crippen LogP contribution is 2.25. The topological polar surface area (TPSA) is 111 Å². The van der Waals surface area contributed by atoms with E-state index in [0.29, 0.717) is 0 Å². The number of halogens is 2. The molecule has 10 heteroatoms. The first kappa shape index (κ1) is 18.8. The number of carbonyl (C=O) groups excluding carboxylic acids is 2. The summed E-state index contributed by atoms with van der Waals surface area (Å²) < 4.78 is 30.6. The van der Waals surface area contributed by atoms with Crippen molar-refractivity contribution < 1.29 is 28.0 Å². The lowest BCUT2D eigenvalue weighted by Crippen LogP contribution is -2.21. The van der Waals surface area contributed by atoms with Gasteiger partial charge >= 0.3 is 5.97 Å². The van der Waals surface area contributed by atoms with Crippen LogP contribution in [-0.2, 0) is 9.53 Å². The van der Waals surface area contributed by atoms with Crippen LogP contribution in [0.3, 0.4) is 0 Å². The van der Waals surface area contributed by atoms with Crippen LogP contribution in [0.5, 0.6) is 0 Å². The van der Waals surface area contributed by atoms with Crippen molar-refractivity contribution in [2.24, 2.45) is 0 Å². The van der Waals surface area contributed by atoms with Gasteiger partial charge in [-0.3, -0.25) is 14.9 Å². The van der Waals surface area contributed by atoms with Crippen LogP contribution >= 0.6 is 0 Å². The van der Waals surface area contributed by atoms with Crippen LogP contribution in [0.25, 0.3) is 0 Å². The number of hydrogen-bond donors (Lipinski definition) is 2. The molecule has 0 saturated carbocycles. The van der Waals surface area contributed by atoms with Gasteiger partial charge in [-0.25, -0.2) is 13.6 Å². The zero-order valence-electron chi connectivity index (χ0n) is 13.4. The summed E-state index contributed by atoms with van der Waals surface area (Å²) in [4.78, 5) is 33.9. The summed E-state index contributed by atoms with van der Waals surface area (Å²) in [5.74, 6) is -3.94. The molecule has 2 aromatic rings. The van der Waals surface area contributed by atoms with Crippen molar-refractivity contribution in [2.45, 2.75) is 0 Å². The van der Waals surface area contributed by atoms with Gasteiger partial charge in [0.2, 0.25) is 0 Å². The third-order valence-electron chi connectivity index (χ3n) is 3.24. The second kappa shape index (κ2) is 8.01. The summed E-state index contributed by atoms with van der Waals surface area (Å²) in [7, 11) is 1.49. The van der Waals surface area contributed by atoms with Crippen LogP contribution in [0.2, 0.25) is 0 Å². The fraction of sp³-hybridized carbons (Fsp3) is 0.125. The van der Waals surface area contributed by atoms with Crippen LogP contribution in [0.4, 0.5) is 25.8 Å². The maximum absolute atomic E-state index is 13.1. The monoisotopic (exact) mass is 365 g/mol. The first-order valence-electron chi connectivity index (χ1n) is 7.20. The van der Waals surface area contributed by atoms with Gasteiger partial charge in [-0.2, -0.15) is 0 Å². The van der Waals surface area contributed by atoms with E-state index in [1.54, 1.807) is 0 Å². The fourth-order valence-corrected chi connectivity index (χ4v) is 2.01. The number of benzene rings is 2. The van der Waals surface area contributed by atoms with Gasteiger partial charge < -0.3 is 15.4 Å². The molecule has 0 atom stereocenters. The Labute approximate surface area is 145 Å². The van der Waals surface area contributed by atoms with E-state index in [-0.39, 0.29) is 22.6 Å². The van der Waals surface area contributed by atoms with Gasteiger partial charge in [-0.05, 0) is 24.3 Å². The summed E-state index contributed by atoms with van der Waals surface area (Å²) in [6, 6.07) is 6.39. The molecular weight excluding hydrogens is 352 g/mol. The molecule has 136 valence electrons. The number of anilines is 2. The van der Waals surface area contributed by atoms with Crippen molar-refractivity contribution in [3.63, 3.8) is 0 Å². The Morgan fingerprint density at radius 2 is 1.88 bits per heavy atom. The van der Waals surface area contributed by atoms with Crippen LogP contribution in [-0.4, -0.2) is 30.5 Å². The molecule has 0 fully saturated rings. The summed E-state index contributed by atoms with van der Waals surface area (Å²) in [5, 5.41) is 15.8. The van der Waals surface area contributed by atoms with Crippen LogP contribution in [0.15, 0.2) is 36.4 Å². The Hall–Kier alpha value is -3.56. The molecule has 0 spiro atoms. The molecule has 0 aliphatic rings. The average Bonchev–Trinajstić information content (AvgIpc) is 2.62. The third kappa shape index (κ3) is 4.50. The average molecular weight is 365 g/mol. The molecule has 0 radical (unpaired) electrons. The normalized spacial score (nSPS) is 10.1. The zero-order valence-corrected chi connectivity index (χ0v) is 13.4. The van der Waals surface area contributed by atoms with E-state index >= 15 is 0 Å². The molecule has 0 unspecified atom stereocenters. The lowest BCUT2D eigenvalue weighted by atomic mass is 10.1. The van der Waals surface area contributed by atoms with E-state index in [0.717, 1.165) is 24.3 Å². The first-order valence-corrected chi connectivity index (χ1v) is 7.20. The number of hydrogen-bond acceptors (Lipinski definition) is 6. The zero-order chi connectivity index (χ0) is 19.3. The van der Waals surface area contributed by atoms with Crippen molar-refractivity contribution in [1.29, 1.82) is 0 Å². The van der Waals surface area contributed by atoms with E-state index in [9.17, 15) is 28.5 Å². The van der Waals surface area contributed by atoms with Crippen LogP contribution < -0.4 is 10.6 Å². The molecule has 2 N–H and O–H groups in total. The van der Waals surface area contributed by atoms with Gasteiger partial charge in [0.15, 0.2) is 18.2 Å². The SMILES string of the molecule is CNc1ccc(C(=O)OCC(=O)Nc2ccc(F)c(F)c2)cc1[N+](=O)[O-]. The van der Waals surface area contributed by atoms with Crippen LogP contribution in [0.1, 0.15) is 10.4 Å². The largest absolute Gasteiger partial charge is 0.452 e. The predicted octanol–water partition coefficient (Wildman–Crippen LogP) is 2.71. The molecule has 0 aliphatic carbocycles.